The maximum atomic E-state index is 5.28. The van der Waals surface area contributed by atoms with Crippen LogP contribution in [-0.2, 0) is 4.74 Å². The molecule has 0 spiro atoms. The van der Waals surface area contributed by atoms with Crippen LogP contribution >= 0.6 is 0 Å². The van der Waals surface area contributed by atoms with E-state index in [0.29, 0.717) is 18.9 Å². The average molecular weight is 131 g/mol. The van der Waals surface area contributed by atoms with Crippen LogP contribution in [0.1, 0.15) is 12.8 Å². The molecule has 4 heteroatoms. The van der Waals surface area contributed by atoms with Crippen LogP contribution in [0.2, 0.25) is 0 Å². The first-order valence-corrected chi connectivity index (χ1v) is 2.82. The zero-order chi connectivity index (χ0) is 7.11. The minimum absolute atomic E-state index is 0.479. The van der Waals surface area contributed by atoms with Crippen LogP contribution in [-0.4, -0.2) is 19.6 Å². The van der Waals surface area contributed by atoms with Gasteiger partial charge < -0.3 is 16.3 Å². The molecule has 0 unspecified atom stereocenters. The topological polar surface area (TPSA) is 73.6 Å². The zero-order valence-corrected chi connectivity index (χ0v) is 5.63. The van der Waals surface area contributed by atoms with Gasteiger partial charge in [0.1, 0.15) is 5.84 Å². The van der Waals surface area contributed by atoms with Crippen molar-refractivity contribution in [1.82, 2.24) is 0 Å². The normalized spacial score (nSPS) is 11.9. The van der Waals surface area contributed by atoms with Gasteiger partial charge in [0.15, 0.2) is 0 Å². The fraction of sp³-hybridized carbons (Fsp3) is 0.800. The second-order valence-electron chi connectivity index (χ2n) is 1.72. The third kappa shape index (κ3) is 5.10. The van der Waals surface area contributed by atoms with Gasteiger partial charge in [-0.3, -0.25) is 0 Å². The highest BCUT2D eigenvalue weighted by Gasteiger charge is 1.89. The Hall–Kier alpha value is -0.770. The van der Waals surface area contributed by atoms with E-state index in [-0.39, 0.29) is 0 Å². The molecule has 0 aliphatic heterocycles. The summed E-state index contributed by atoms with van der Waals surface area (Å²) in [5.41, 5.74) is 5.28. The van der Waals surface area contributed by atoms with Crippen LogP contribution in [0.3, 0.4) is 0 Å². The van der Waals surface area contributed by atoms with Gasteiger partial charge in [-0.1, -0.05) is 0 Å². The largest absolute Gasteiger partial charge is 0.386 e. The van der Waals surface area contributed by atoms with Crippen LogP contribution in [0.15, 0.2) is 5.10 Å². The van der Waals surface area contributed by atoms with E-state index in [2.05, 4.69) is 5.10 Å². The number of hydrazone groups is 1. The summed E-state index contributed by atoms with van der Waals surface area (Å²) in [5, 5.41) is 3.30. The van der Waals surface area contributed by atoms with Crippen molar-refractivity contribution in [3.8, 4) is 0 Å². The standard InChI is InChI=1S/C5H13N3O/c1-9-4-2-3-5(6)8-7/h2-4,7H2,1H3,(H2,6,8). The van der Waals surface area contributed by atoms with Crippen molar-refractivity contribution < 1.29 is 4.74 Å². The van der Waals surface area contributed by atoms with Crippen LogP contribution in [0.25, 0.3) is 0 Å². The Balaban J connectivity index is 3.07. The third-order valence-corrected chi connectivity index (χ3v) is 0.947. The molecule has 0 saturated carbocycles. The summed E-state index contributed by atoms with van der Waals surface area (Å²) in [6.07, 6.45) is 1.59. The molecule has 0 heterocycles. The van der Waals surface area contributed by atoms with Gasteiger partial charge in [0.2, 0.25) is 0 Å². The quantitative estimate of drug-likeness (QED) is 0.180. The molecule has 9 heavy (non-hydrogen) atoms. The van der Waals surface area contributed by atoms with Gasteiger partial charge in [-0.05, 0) is 6.42 Å². The second kappa shape index (κ2) is 5.37. The Kier molecular flexibility index (Phi) is 4.91. The van der Waals surface area contributed by atoms with Crippen molar-refractivity contribution in [3.05, 3.63) is 0 Å². The van der Waals surface area contributed by atoms with Crippen molar-refractivity contribution >= 4 is 5.84 Å². The van der Waals surface area contributed by atoms with E-state index in [9.17, 15) is 0 Å². The number of hydrogen-bond acceptors (Lipinski definition) is 3. The van der Waals surface area contributed by atoms with E-state index in [1.807, 2.05) is 0 Å². The van der Waals surface area contributed by atoms with Crippen molar-refractivity contribution in [2.24, 2.45) is 16.7 Å². The molecule has 0 rings (SSSR count). The van der Waals surface area contributed by atoms with Crippen molar-refractivity contribution in [3.63, 3.8) is 0 Å². The number of ether oxygens (including phenoxy) is 1. The molecule has 0 amide bonds. The molecule has 0 aliphatic carbocycles. The molecule has 4 nitrogen and oxygen atoms in total. The molecule has 0 radical (unpaired) electrons. The number of amidine groups is 1. The third-order valence-electron chi connectivity index (χ3n) is 0.947. The Morgan fingerprint density at radius 2 is 2.33 bits per heavy atom. The first kappa shape index (κ1) is 8.23. The van der Waals surface area contributed by atoms with E-state index >= 15 is 0 Å². The summed E-state index contributed by atoms with van der Waals surface area (Å²) in [4.78, 5) is 0. The van der Waals surface area contributed by atoms with E-state index in [1.165, 1.54) is 0 Å². The fourth-order valence-corrected chi connectivity index (χ4v) is 0.462. The number of hydrogen-bond donors (Lipinski definition) is 2. The predicted octanol–water partition coefficient (Wildman–Crippen LogP) is -0.356. The molecular weight excluding hydrogens is 118 g/mol. The number of rotatable bonds is 4. The molecule has 4 N–H and O–H groups in total. The fourth-order valence-electron chi connectivity index (χ4n) is 0.462. The Bertz CT molecular complexity index is 92.2. The SMILES string of the molecule is COCCC/C(N)=N/N. The lowest BCUT2D eigenvalue weighted by atomic mass is 10.3. The minimum Gasteiger partial charge on any atom is -0.386 e. The number of nitrogens with zero attached hydrogens (tertiary/aromatic N) is 1. The lowest BCUT2D eigenvalue weighted by molar-refractivity contribution is 0.196. The van der Waals surface area contributed by atoms with E-state index in [1.54, 1.807) is 7.11 Å². The van der Waals surface area contributed by atoms with Crippen molar-refractivity contribution in [2.75, 3.05) is 13.7 Å². The number of methoxy groups -OCH3 is 1. The molecule has 0 saturated heterocycles. The van der Waals surface area contributed by atoms with Crippen LogP contribution < -0.4 is 11.6 Å². The summed E-state index contributed by atoms with van der Waals surface area (Å²) in [6, 6.07) is 0. The molecule has 0 aromatic heterocycles. The molecule has 0 bridgehead atoms. The smallest absolute Gasteiger partial charge is 0.119 e. The van der Waals surface area contributed by atoms with Gasteiger partial charge in [-0.15, -0.1) is 0 Å². The average Bonchev–Trinajstić information content (AvgIpc) is 1.89. The molecule has 0 fully saturated rings. The summed E-state index contributed by atoms with van der Waals surface area (Å²) in [5.74, 6) is 5.36. The Morgan fingerprint density at radius 3 is 2.78 bits per heavy atom. The van der Waals surface area contributed by atoms with E-state index in [0.717, 1.165) is 6.42 Å². The highest BCUT2D eigenvalue weighted by molar-refractivity contribution is 5.79. The van der Waals surface area contributed by atoms with Gasteiger partial charge in [0.05, 0.1) is 0 Å². The monoisotopic (exact) mass is 131 g/mol. The number of nitrogens with two attached hydrogens (primary N) is 2. The maximum absolute atomic E-state index is 5.28. The maximum Gasteiger partial charge on any atom is 0.119 e. The first-order valence-electron chi connectivity index (χ1n) is 2.82. The summed E-state index contributed by atoms with van der Waals surface area (Å²) < 4.78 is 4.79. The molecule has 54 valence electrons. The summed E-state index contributed by atoms with van der Waals surface area (Å²) in [6.45, 7) is 0.705. The molecular formula is C5H13N3O. The van der Waals surface area contributed by atoms with Gasteiger partial charge in [-0.25, -0.2) is 0 Å². The molecule has 0 aromatic rings. The van der Waals surface area contributed by atoms with Crippen molar-refractivity contribution in [2.45, 2.75) is 12.8 Å². The van der Waals surface area contributed by atoms with Crippen LogP contribution in [0, 0.1) is 0 Å². The summed E-state index contributed by atoms with van der Waals surface area (Å²) in [7, 11) is 1.65. The summed E-state index contributed by atoms with van der Waals surface area (Å²) >= 11 is 0. The van der Waals surface area contributed by atoms with Gasteiger partial charge in [0.25, 0.3) is 0 Å². The lowest BCUT2D eigenvalue weighted by Gasteiger charge is -1.96. The minimum atomic E-state index is 0.479. The highest BCUT2D eigenvalue weighted by atomic mass is 16.5. The van der Waals surface area contributed by atoms with Gasteiger partial charge in [-0.2, -0.15) is 5.10 Å². The highest BCUT2D eigenvalue weighted by Crippen LogP contribution is 1.87. The van der Waals surface area contributed by atoms with E-state index in [4.69, 9.17) is 16.3 Å². The lowest BCUT2D eigenvalue weighted by Crippen LogP contribution is -2.14. The van der Waals surface area contributed by atoms with Crippen LogP contribution in [0.4, 0.5) is 0 Å². The van der Waals surface area contributed by atoms with E-state index < -0.39 is 0 Å². The molecule has 0 aromatic carbocycles. The predicted molar refractivity (Wildman–Crippen MR) is 36.9 cm³/mol. The second-order valence-corrected chi connectivity index (χ2v) is 1.72. The molecule has 0 atom stereocenters. The van der Waals surface area contributed by atoms with Gasteiger partial charge >= 0.3 is 0 Å². The Morgan fingerprint density at radius 1 is 1.67 bits per heavy atom. The van der Waals surface area contributed by atoms with Gasteiger partial charge in [0, 0.05) is 20.1 Å². The zero-order valence-electron chi connectivity index (χ0n) is 5.63. The van der Waals surface area contributed by atoms with Crippen LogP contribution in [0.5, 0.6) is 0 Å². The van der Waals surface area contributed by atoms with Crippen molar-refractivity contribution in [1.29, 1.82) is 0 Å². The molecule has 0 aliphatic rings. The first-order chi connectivity index (χ1) is 4.31. The Labute approximate surface area is 54.9 Å².